The summed E-state index contributed by atoms with van der Waals surface area (Å²) in [4.78, 5) is 2.51. The van der Waals surface area contributed by atoms with Gasteiger partial charge in [0.2, 0.25) is 0 Å². The van der Waals surface area contributed by atoms with E-state index >= 15 is 0 Å². The number of anilines is 1. The van der Waals surface area contributed by atoms with Gasteiger partial charge in [0.1, 0.15) is 11.5 Å². The Balaban J connectivity index is 1.70. The molecule has 1 aromatic carbocycles. The monoisotopic (exact) mass is 264 g/mol. The van der Waals surface area contributed by atoms with Crippen molar-refractivity contribution < 1.29 is 9.47 Å². The van der Waals surface area contributed by atoms with Gasteiger partial charge in [-0.15, -0.1) is 0 Å². The van der Waals surface area contributed by atoms with Crippen LogP contribution in [0.25, 0.3) is 0 Å². The normalized spacial score (nSPS) is 19.6. The van der Waals surface area contributed by atoms with Crippen LogP contribution in [0.2, 0.25) is 0 Å². The largest absolute Gasteiger partial charge is 0.494 e. The summed E-state index contributed by atoms with van der Waals surface area (Å²) in [7, 11) is 1.62. The van der Waals surface area contributed by atoms with Gasteiger partial charge in [0.15, 0.2) is 0 Å². The van der Waals surface area contributed by atoms with Crippen LogP contribution in [0.5, 0.6) is 11.5 Å². The van der Waals surface area contributed by atoms with E-state index in [-0.39, 0.29) is 0 Å². The first-order valence-electron chi connectivity index (χ1n) is 6.97. The molecule has 106 valence electrons. The van der Waals surface area contributed by atoms with Crippen molar-refractivity contribution in [1.29, 1.82) is 0 Å². The van der Waals surface area contributed by atoms with Crippen molar-refractivity contribution in [3.63, 3.8) is 0 Å². The summed E-state index contributed by atoms with van der Waals surface area (Å²) in [6.45, 7) is 6.64. The summed E-state index contributed by atoms with van der Waals surface area (Å²) >= 11 is 0. The highest BCUT2D eigenvalue weighted by Crippen LogP contribution is 2.26. The molecule has 4 heteroatoms. The number of ether oxygens (including phenoxy) is 2. The molecule has 2 N–H and O–H groups in total. The van der Waals surface area contributed by atoms with Crippen molar-refractivity contribution in [2.45, 2.75) is 19.8 Å². The Bertz CT molecular complexity index is 409. The van der Waals surface area contributed by atoms with Gasteiger partial charge in [-0.3, -0.25) is 0 Å². The molecule has 1 heterocycles. The molecule has 0 aromatic heterocycles. The molecule has 1 aliphatic heterocycles. The van der Waals surface area contributed by atoms with Gasteiger partial charge in [-0.25, -0.2) is 0 Å². The van der Waals surface area contributed by atoms with E-state index in [1.165, 1.54) is 19.5 Å². The predicted octanol–water partition coefficient (Wildman–Crippen LogP) is 2.39. The van der Waals surface area contributed by atoms with Crippen LogP contribution in [0.4, 0.5) is 5.69 Å². The molecule has 0 radical (unpaired) electrons. The summed E-state index contributed by atoms with van der Waals surface area (Å²) in [5.74, 6) is 2.34. The second-order valence-corrected chi connectivity index (χ2v) is 5.30. The van der Waals surface area contributed by atoms with E-state index in [0.29, 0.717) is 11.4 Å². The molecule has 1 atom stereocenters. The SMILES string of the molecule is COc1cc(OCCCN2CCC(C)C2)ccc1N. The van der Waals surface area contributed by atoms with Crippen LogP contribution in [0.3, 0.4) is 0 Å². The molecular formula is C15H24N2O2. The topological polar surface area (TPSA) is 47.7 Å². The fourth-order valence-corrected chi connectivity index (χ4v) is 2.49. The van der Waals surface area contributed by atoms with E-state index in [4.69, 9.17) is 15.2 Å². The Labute approximate surface area is 115 Å². The summed E-state index contributed by atoms with van der Waals surface area (Å²) in [6, 6.07) is 5.54. The zero-order valence-corrected chi connectivity index (χ0v) is 11.9. The number of methoxy groups -OCH3 is 1. The van der Waals surface area contributed by atoms with Crippen molar-refractivity contribution in [2.24, 2.45) is 5.92 Å². The smallest absolute Gasteiger partial charge is 0.145 e. The highest BCUT2D eigenvalue weighted by Gasteiger charge is 2.17. The fourth-order valence-electron chi connectivity index (χ4n) is 2.49. The molecule has 0 spiro atoms. The van der Waals surface area contributed by atoms with E-state index in [1.54, 1.807) is 7.11 Å². The highest BCUT2D eigenvalue weighted by molar-refractivity contribution is 5.55. The lowest BCUT2D eigenvalue weighted by Gasteiger charge is -2.15. The van der Waals surface area contributed by atoms with Crippen LogP contribution in [0.1, 0.15) is 19.8 Å². The standard InChI is InChI=1S/C15H24N2O2/c1-12-6-8-17(11-12)7-3-9-19-13-4-5-14(16)15(10-13)18-2/h4-5,10,12H,3,6-9,11,16H2,1-2H3. The molecule has 1 aromatic rings. The van der Waals surface area contributed by atoms with Crippen LogP contribution in [0, 0.1) is 5.92 Å². The number of likely N-dealkylation sites (tertiary alicyclic amines) is 1. The zero-order chi connectivity index (χ0) is 13.7. The van der Waals surface area contributed by atoms with E-state index in [9.17, 15) is 0 Å². The maximum Gasteiger partial charge on any atom is 0.145 e. The lowest BCUT2D eigenvalue weighted by atomic mass is 10.2. The molecule has 1 unspecified atom stereocenters. The predicted molar refractivity (Wildman–Crippen MR) is 77.7 cm³/mol. The maximum absolute atomic E-state index is 5.76. The van der Waals surface area contributed by atoms with Crippen LogP contribution >= 0.6 is 0 Å². The molecule has 1 saturated heterocycles. The quantitative estimate of drug-likeness (QED) is 0.633. The van der Waals surface area contributed by atoms with Gasteiger partial charge in [-0.1, -0.05) is 6.92 Å². The van der Waals surface area contributed by atoms with Crippen molar-refractivity contribution in [3.8, 4) is 11.5 Å². The minimum atomic E-state index is 0.640. The van der Waals surface area contributed by atoms with Crippen molar-refractivity contribution >= 4 is 5.69 Å². The average Bonchev–Trinajstić information content (AvgIpc) is 2.82. The number of rotatable bonds is 6. The zero-order valence-electron chi connectivity index (χ0n) is 11.9. The molecule has 0 saturated carbocycles. The Morgan fingerprint density at radius 1 is 1.42 bits per heavy atom. The van der Waals surface area contributed by atoms with Crippen molar-refractivity contribution in [3.05, 3.63) is 18.2 Å². The maximum atomic E-state index is 5.76. The van der Waals surface area contributed by atoms with Crippen LogP contribution in [0.15, 0.2) is 18.2 Å². The van der Waals surface area contributed by atoms with E-state index in [1.807, 2.05) is 18.2 Å². The first-order chi connectivity index (χ1) is 9.19. The third-order valence-electron chi connectivity index (χ3n) is 3.60. The minimum absolute atomic E-state index is 0.640. The molecule has 19 heavy (non-hydrogen) atoms. The number of benzene rings is 1. The molecule has 0 aliphatic carbocycles. The second-order valence-electron chi connectivity index (χ2n) is 5.30. The van der Waals surface area contributed by atoms with Crippen LogP contribution in [-0.2, 0) is 0 Å². The summed E-state index contributed by atoms with van der Waals surface area (Å²) in [6.07, 6.45) is 2.38. The van der Waals surface area contributed by atoms with E-state index < -0.39 is 0 Å². The van der Waals surface area contributed by atoms with Crippen LogP contribution in [-0.4, -0.2) is 38.3 Å². The number of nitrogen functional groups attached to an aromatic ring is 1. The highest BCUT2D eigenvalue weighted by atomic mass is 16.5. The summed E-state index contributed by atoms with van der Waals surface area (Å²) in [5.41, 5.74) is 6.40. The molecule has 2 rings (SSSR count). The van der Waals surface area contributed by atoms with Crippen LogP contribution < -0.4 is 15.2 Å². The fraction of sp³-hybridized carbons (Fsp3) is 0.600. The Morgan fingerprint density at radius 2 is 2.26 bits per heavy atom. The van der Waals surface area contributed by atoms with Gasteiger partial charge in [-0.05, 0) is 37.4 Å². The first-order valence-corrected chi connectivity index (χ1v) is 6.97. The molecule has 4 nitrogen and oxygen atoms in total. The van der Waals surface area contributed by atoms with Crippen molar-refractivity contribution in [2.75, 3.05) is 39.1 Å². The summed E-state index contributed by atoms with van der Waals surface area (Å²) < 4.78 is 10.9. The van der Waals surface area contributed by atoms with Gasteiger partial charge >= 0.3 is 0 Å². The average molecular weight is 264 g/mol. The third kappa shape index (κ3) is 4.03. The molecular weight excluding hydrogens is 240 g/mol. The minimum Gasteiger partial charge on any atom is -0.494 e. The Hall–Kier alpha value is -1.42. The van der Waals surface area contributed by atoms with Gasteiger partial charge in [-0.2, -0.15) is 0 Å². The van der Waals surface area contributed by atoms with Gasteiger partial charge < -0.3 is 20.1 Å². The van der Waals surface area contributed by atoms with Gasteiger partial charge in [0.05, 0.1) is 19.4 Å². The Morgan fingerprint density at radius 3 is 2.95 bits per heavy atom. The molecule has 1 aliphatic rings. The Kier molecular flexibility index (Phi) is 4.91. The molecule has 1 fully saturated rings. The van der Waals surface area contributed by atoms with E-state index in [2.05, 4.69) is 11.8 Å². The third-order valence-corrected chi connectivity index (χ3v) is 3.60. The lowest BCUT2D eigenvalue weighted by molar-refractivity contribution is 0.259. The molecule has 0 bridgehead atoms. The van der Waals surface area contributed by atoms with Gasteiger partial charge in [0, 0.05) is 19.2 Å². The number of nitrogens with zero attached hydrogens (tertiary/aromatic N) is 1. The number of hydrogen-bond donors (Lipinski definition) is 1. The number of nitrogens with two attached hydrogens (primary N) is 1. The summed E-state index contributed by atoms with van der Waals surface area (Å²) in [5, 5.41) is 0. The lowest BCUT2D eigenvalue weighted by Crippen LogP contribution is -2.22. The first kappa shape index (κ1) is 14.0. The van der Waals surface area contributed by atoms with E-state index in [0.717, 1.165) is 31.2 Å². The molecule has 0 amide bonds. The van der Waals surface area contributed by atoms with Crippen molar-refractivity contribution in [1.82, 2.24) is 4.90 Å². The number of hydrogen-bond acceptors (Lipinski definition) is 4. The van der Waals surface area contributed by atoms with Gasteiger partial charge in [0.25, 0.3) is 0 Å². The second kappa shape index (κ2) is 6.66.